The average molecular weight is 264 g/mol. The number of carbonyl (C=O) groups is 2. The number of fused-ring (bicyclic) bond motifs is 1. The Morgan fingerprint density at radius 3 is 2.68 bits per heavy atom. The molecule has 2 saturated heterocycles. The van der Waals surface area contributed by atoms with Gasteiger partial charge < -0.3 is 9.80 Å². The summed E-state index contributed by atoms with van der Waals surface area (Å²) in [5.41, 5.74) is 0.378. The molecule has 2 amide bonds. The van der Waals surface area contributed by atoms with Gasteiger partial charge in [-0.15, -0.1) is 0 Å². The van der Waals surface area contributed by atoms with E-state index in [4.69, 9.17) is 0 Å². The van der Waals surface area contributed by atoms with Crippen molar-refractivity contribution in [3.63, 3.8) is 0 Å². The second kappa shape index (κ2) is 4.80. The SMILES string of the molecule is CCC1(CN2CCC(=O)N3CCCCC3C2=O)CC1. The molecule has 106 valence electrons. The minimum Gasteiger partial charge on any atom is -0.340 e. The molecule has 0 aromatic carbocycles. The van der Waals surface area contributed by atoms with Gasteiger partial charge in [-0.05, 0) is 43.9 Å². The Bertz CT molecular complexity index is 390. The highest BCUT2D eigenvalue weighted by Crippen LogP contribution is 2.49. The summed E-state index contributed by atoms with van der Waals surface area (Å²) in [6.07, 6.45) is 7.15. The van der Waals surface area contributed by atoms with E-state index in [1.54, 1.807) is 0 Å². The van der Waals surface area contributed by atoms with Crippen molar-refractivity contribution in [2.45, 2.75) is 57.9 Å². The lowest BCUT2D eigenvalue weighted by molar-refractivity contribution is -0.143. The van der Waals surface area contributed by atoms with Crippen molar-refractivity contribution in [1.82, 2.24) is 9.80 Å². The van der Waals surface area contributed by atoms with Crippen LogP contribution in [0.4, 0.5) is 0 Å². The number of hydrogen-bond acceptors (Lipinski definition) is 2. The number of rotatable bonds is 3. The molecule has 2 heterocycles. The van der Waals surface area contributed by atoms with Crippen LogP contribution in [0.15, 0.2) is 0 Å². The Morgan fingerprint density at radius 2 is 2.00 bits per heavy atom. The van der Waals surface area contributed by atoms with E-state index in [1.165, 1.54) is 12.8 Å². The topological polar surface area (TPSA) is 40.6 Å². The smallest absolute Gasteiger partial charge is 0.245 e. The van der Waals surface area contributed by atoms with Crippen molar-refractivity contribution in [2.75, 3.05) is 19.6 Å². The molecule has 4 nitrogen and oxygen atoms in total. The van der Waals surface area contributed by atoms with Gasteiger partial charge in [0.25, 0.3) is 0 Å². The summed E-state index contributed by atoms with van der Waals surface area (Å²) in [7, 11) is 0. The maximum absolute atomic E-state index is 12.7. The summed E-state index contributed by atoms with van der Waals surface area (Å²) in [5.74, 6) is 0.396. The number of piperidine rings is 1. The zero-order valence-corrected chi connectivity index (χ0v) is 11.9. The Hall–Kier alpha value is -1.06. The molecule has 3 fully saturated rings. The summed E-state index contributed by atoms with van der Waals surface area (Å²) in [6.45, 7) is 4.50. The average Bonchev–Trinajstić information content (AvgIpc) is 3.23. The van der Waals surface area contributed by atoms with Crippen molar-refractivity contribution in [3.05, 3.63) is 0 Å². The molecular formula is C15H24N2O2. The van der Waals surface area contributed by atoms with Gasteiger partial charge in [-0.1, -0.05) is 6.92 Å². The molecule has 3 aliphatic rings. The molecular weight excluding hydrogens is 240 g/mol. The van der Waals surface area contributed by atoms with Crippen LogP contribution in [0.3, 0.4) is 0 Å². The minimum atomic E-state index is -0.156. The number of carbonyl (C=O) groups excluding carboxylic acids is 2. The Kier molecular flexibility index (Phi) is 3.27. The van der Waals surface area contributed by atoms with E-state index in [9.17, 15) is 9.59 Å². The van der Waals surface area contributed by atoms with Gasteiger partial charge in [0.15, 0.2) is 0 Å². The minimum absolute atomic E-state index is 0.156. The maximum Gasteiger partial charge on any atom is 0.245 e. The lowest BCUT2D eigenvalue weighted by atomic mass is 9.99. The molecule has 0 aromatic rings. The molecule has 0 spiro atoms. The van der Waals surface area contributed by atoms with E-state index < -0.39 is 0 Å². The Balaban J connectivity index is 1.75. The monoisotopic (exact) mass is 264 g/mol. The molecule has 0 N–H and O–H groups in total. The highest BCUT2D eigenvalue weighted by molar-refractivity contribution is 5.90. The van der Waals surface area contributed by atoms with E-state index in [-0.39, 0.29) is 17.9 Å². The van der Waals surface area contributed by atoms with E-state index in [2.05, 4.69) is 6.92 Å². The summed E-state index contributed by atoms with van der Waals surface area (Å²) in [5, 5.41) is 0. The van der Waals surface area contributed by atoms with Crippen molar-refractivity contribution in [1.29, 1.82) is 0 Å². The molecule has 19 heavy (non-hydrogen) atoms. The highest BCUT2D eigenvalue weighted by atomic mass is 16.2. The van der Waals surface area contributed by atoms with Crippen LogP contribution in [0.2, 0.25) is 0 Å². The summed E-state index contributed by atoms with van der Waals surface area (Å²) in [6, 6.07) is -0.156. The van der Waals surface area contributed by atoms with Crippen molar-refractivity contribution >= 4 is 11.8 Å². The van der Waals surface area contributed by atoms with Gasteiger partial charge >= 0.3 is 0 Å². The van der Waals surface area contributed by atoms with Crippen molar-refractivity contribution in [2.24, 2.45) is 5.41 Å². The van der Waals surface area contributed by atoms with Gasteiger partial charge in [0.1, 0.15) is 6.04 Å². The predicted molar refractivity (Wildman–Crippen MR) is 72.5 cm³/mol. The molecule has 0 radical (unpaired) electrons. The van der Waals surface area contributed by atoms with Crippen LogP contribution >= 0.6 is 0 Å². The van der Waals surface area contributed by atoms with Crippen LogP contribution in [0, 0.1) is 5.41 Å². The normalized spacial score (nSPS) is 30.1. The predicted octanol–water partition coefficient (Wildman–Crippen LogP) is 1.79. The fourth-order valence-corrected chi connectivity index (χ4v) is 3.54. The standard InChI is InChI=1S/C15H24N2O2/c1-2-15(7-8-15)11-16-10-6-13(18)17-9-4-3-5-12(17)14(16)19/h12H,2-11H2,1H3. The van der Waals surface area contributed by atoms with Gasteiger partial charge in [0.05, 0.1) is 0 Å². The van der Waals surface area contributed by atoms with E-state index in [0.717, 1.165) is 38.8 Å². The van der Waals surface area contributed by atoms with Gasteiger partial charge in [0.2, 0.25) is 11.8 Å². The van der Waals surface area contributed by atoms with Gasteiger partial charge in [0, 0.05) is 26.1 Å². The van der Waals surface area contributed by atoms with Gasteiger partial charge in [-0.2, -0.15) is 0 Å². The third-order valence-corrected chi connectivity index (χ3v) is 5.25. The molecule has 0 aromatic heterocycles. The van der Waals surface area contributed by atoms with Crippen molar-refractivity contribution in [3.8, 4) is 0 Å². The molecule has 4 heteroatoms. The summed E-state index contributed by atoms with van der Waals surface area (Å²) in [4.78, 5) is 28.7. The third-order valence-electron chi connectivity index (χ3n) is 5.25. The number of nitrogens with zero attached hydrogens (tertiary/aromatic N) is 2. The number of amides is 2. The molecule has 2 aliphatic heterocycles. The van der Waals surface area contributed by atoms with Crippen LogP contribution in [0.5, 0.6) is 0 Å². The van der Waals surface area contributed by atoms with Crippen molar-refractivity contribution < 1.29 is 9.59 Å². The van der Waals surface area contributed by atoms with E-state index in [0.29, 0.717) is 18.4 Å². The third kappa shape index (κ3) is 2.37. The molecule has 0 bridgehead atoms. The van der Waals surface area contributed by atoms with Crippen LogP contribution in [0.25, 0.3) is 0 Å². The lowest BCUT2D eigenvalue weighted by Crippen LogP contribution is -2.50. The maximum atomic E-state index is 12.7. The molecule has 1 aliphatic carbocycles. The first-order valence-electron chi connectivity index (χ1n) is 7.73. The van der Waals surface area contributed by atoms with Crippen LogP contribution in [-0.4, -0.2) is 47.3 Å². The molecule has 1 saturated carbocycles. The highest BCUT2D eigenvalue weighted by Gasteiger charge is 2.45. The molecule has 3 rings (SSSR count). The number of hydrogen-bond donors (Lipinski definition) is 0. The first-order valence-corrected chi connectivity index (χ1v) is 7.73. The second-order valence-corrected chi connectivity index (χ2v) is 6.46. The molecule has 1 atom stereocenters. The fourth-order valence-electron chi connectivity index (χ4n) is 3.54. The first kappa shape index (κ1) is 12.9. The zero-order valence-electron chi connectivity index (χ0n) is 11.9. The Morgan fingerprint density at radius 1 is 1.21 bits per heavy atom. The second-order valence-electron chi connectivity index (χ2n) is 6.46. The fraction of sp³-hybridized carbons (Fsp3) is 0.867. The largest absolute Gasteiger partial charge is 0.340 e. The Labute approximate surface area is 115 Å². The summed E-state index contributed by atoms with van der Waals surface area (Å²) < 4.78 is 0. The van der Waals surface area contributed by atoms with Crippen LogP contribution in [-0.2, 0) is 9.59 Å². The van der Waals surface area contributed by atoms with Crippen LogP contribution < -0.4 is 0 Å². The molecule has 1 unspecified atom stereocenters. The first-order chi connectivity index (χ1) is 9.15. The van der Waals surface area contributed by atoms with Gasteiger partial charge in [-0.25, -0.2) is 0 Å². The quantitative estimate of drug-likeness (QED) is 0.779. The van der Waals surface area contributed by atoms with Gasteiger partial charge in [-0.3, -0.25) is 9.59 Å². The summed E-state index contributed by atoms with van der Waals surface area (Å²) >= 11 is 0. The zero-order chi connectivity index (χ0) is 13.5. The lowest BCUT2D eigenvalue weighted by Gasteiger charge is -2.35. The van der Waals surface area contributed by atoms with E-state index >= 15 is 0 Å². The van der Waals surface area contributed by atoms with Crippen LogP contribution in [0.1, 0.15) is 51.9 Å². The van der Waals surface area contributed by atoms with E-state index in [1.807, 2.05) is 9.80 Å².